The van der Waals surface area contributed by atoms with Crippen LogP contribution in [-0.2, 0) is 6.18 Å². The van der Waals surface area contributed by atoms with E-state index in [1.54, 1.807) is 25.1 Å². The molecule has 0 radical (unpaired) electrons. The Morgan fingerprint density at radius 3 is 2.52 bits per heavy atom. The van der Waals surface area contributed by atoms with Crippen molar-refractivity contribution in [3.05, 3.63) is 63.6 Å². The van der Waals surface area contributed by atoms with Crippen LogP contribution in [-0.4, -0.2) is 16.1 Å². The molecule has 0 bridgehead atoms. The van der Waals surface area contributed by atoms with Crippen molar-refractivity contribution in [1.82, 2.24) is 4.98 Å². The molecule has 0 fully saturated rings. The maximum atomic E-state index is 13.0. The highest BCUT2D eigenvalue weighted by Gasteiger charge is 2.31. The third-order valence-corrected chi connectivity index (χ3v) is 4.36. The van der Waals surface area contributed by atoms with E-state index in [0.29, 0.717) is 20.9 Å². The number of nitrogens with zero attached hydrogens (tertiary/aromatic N) is 1. The standard InChI is InChI=1S/C18H11BrF3NO2/c1-9-15(17(24)25)13-6-5-12(19)8-14(13)23-16(9)10-3-2-4-11(7-10)18(20,21)22/h2-8H,1H3,(H,24,25). The fourth-order valence-electron chi connectivity index (χ4n) is 2.73. The SMILES string of the molecule is Cc1c(-c2cccc(C(F)(F)F)c2)nc2cc(Br)ccc2c1C(=O)O. The summed E-state index contributed by atoms with van der Waals surface area (Å²) in [5, 5.41) is 10.0. The van der Waals surface area contributed by atoms with Crippen molar-refractivity contribution in [3.8, 4) is 11.3 Å². The Morgan fingerprint density at radius 1 is 1.16 bits per heavy atom. The summed E-state index contributed by atoms with van der Waals surface area (Å²) in [7, 11) is 0. The number of carbonyl (C=O) groups is 1. The zero-order valence-electron chi connectivity index (χ0n) is 12.9. The Balaban J connectivity index is 2.34. The summed E-state index contributed by atoms with van der Waals surface area (Å²) in [4.78, 5) is 16.1. The average molecular weight is 410 g/mol. The molecule has 3 aromatic rings. The quantitative estimate of drug-likeness (QED) is 0.591. The summed E-state index contributed by atoms with van der Waals surface area (Å²) in [6.07, 6.45) is -4.49. The van der Waals surface area contributed by atoms with Crippen LogP contribution >= 0.6 is 15.9 Å². The van der Waals surface area contributed by atoms with Crippen LogP contribution in [0.15, 0.2) is 46.9 Å². The van der Waals surface area contributed by atoms with Gasteiger partial charge in [-0.1, -0.05) is 34.1 Å². The molecule has 0 saturated heterocycles. The van der Waals surface area contributed by atoms with Gasteiger partial charge in [-0.2, -0.15) is 13.2 Å². The van der Waals surface area contributed by atoms with E-state index in [1.807, 2.05) is 0 Å². The van der Waals surface area contributed by atoms with Gasteiger partial charge >= 0.3 is 12.1 Å². The van der Waals surface area contributed by atoms with Gasteiger partial charge in [0, 0.05) is 15.4 Å². The number of carboxylic acid groups (broad SMARTS) is 1. The van der Waals surface area contributed by atoms with Crippen LogP contribution in [0, 0.1) is 6.92 Å². The molecular formula is C18H11BrF3NO2. The van der Waals surface area contributed by atoms with Crippen LogP contribution in [0.3, 0.4) is 0 Å². The summed E-state index contributed by atoms with van der Waals surface area (Å²) < 4.78 is 39.6. The number of fused-ring (bicyclic) bond motifs is 1. The maximum absolute atomic E-state index is 13.0. The molecule has 0 unspecified atom stereocenters. The van der Waals surface area contributed by atoms with Gasteiger partial charge in [0.25, 0.3) is 0 Å². The number of halogens is 4. The molecule has 1 aromatic heterocycles. The van der Waals surface area contributed by atoms with Gasteiger partial charge in [0.15, 0.2) is 0 Å². The highest BCUT2D eigenvalue weighted by Crippen LogP contribution is 2.35. The predicted octanol–water partition coefficient (Wildman–Crippen LogP) is 5.69. The van der Waals surface area contributed by atoms with E-state index in [4.69, 9.17) is 0 Å². The second-order valence-corrected chi connectivity index (χ2v) is 6.42. The molecule has 0 spiro atoms. The Morgan fingerprint density at radius 2 is 1.88 bits per heavy atom. The van der Waals surface area contributed by atoms with Crippen LogP contribution in [0.5, 0.6) is 0 Å². The Labute approximate surface area is 149 Å². The number of benzene rings is 2. The molecule has 0 amide bonds. The molecule has 128 valence electrons. The predicted molar refractivity (Wildman–Crippen MR) is 91.6 cm³/mol. The second kappa shape index (κ2) is 6.15. The van der Waals surface area contributed by atoms with E-state index in [-0.39, 0.29) is 16.8 Å². The van der Waals surface area contributed by atoms with Crippen LogP contribution in [0.25, 0.3) is 22.2 Å². The first-order chi connectivity index (χ1) is 11.7. The van der Waals surface area contributed by atoms with E-state index < -0.39 is 17.7 Å². The molecular weight excluding hydrogens is 399 g/mol. The van der Waals surface area contributed by atoms with Gasteiger partial charge in [0.1, 0.15) is 0 Å². The third kappa shape index (κ3) is 3.24. The maximum Gasteiger partial charge on any atom is 0.416 e. The lowest BCUT2D eigenvalue weighted by atomic mass is 9.97. The Bertz CT molecular complexity index is 1000. The van der Waals surface area contributed by atoms with Gasteiger partial charge in [-0.15, -0.1) is 0 Å². The molecule has 3 rings (SSSR count). The molecule has 1 N–H and O–H groups in total. The summed E-state index contributed by atoms with van der Waals surface area (Å²) in [5.74, 6) is -1.15. The van der Waals surface area contributed by atoms with Gasteiger partial charge in [-0.05, 0) is 36.8 Å². The van der Waals surface area contributed by atoms with Gasteiger partial charge in [-0.25, -0.2) is 9.78 Å². The van der Waals surface area contributed by atoms with E-state index >= 15 is 0 Å². The molecule has 1 heterocycles. The number of rotatable bonds is 2. The lowest BCUT2D eigenvalue weighted by Crippen LogP contribution is -2.07. The zero-order chi connectivity index (χ0) is 18.4. The molecule has 2 aromatic carbocycles. The highest BCUT2D eigenvalue weighted by atomic mass is 79.9. The fraction of sp³-hybridized carbons (Fsp3) is 0.111. The van der Waals surface area contributed by atoms with Crippen molar-refractivity contribution in [2.24, 2.45) is 0 Å². The first-order valence-corrected chi connectivity index (χ1v) is 7.98. The fourth-order valence-corrected chi connectivity index (χ4v) is 3.08. The van der Waals surface area contributed by atoms with Crippen molar-refractivity contribution in [1.29, 1.82) is 0 Å². The van der Waals surface area contributed by atoms with Crippen LogP contribution in [0.4, 0.5) is 13.2 Å². The number of aromatic nitrogens is 1. The lowest BCUT2D eigenvalue weighted by Gasteiger charge is -2.14. The van der Waals surface area contributed by atoms with E-state index in [9.17, 15) is 23.1 Å². The Kier molecular flexibility index (Phi) is 4.28. The van der Waals surface area contributed by atoms with Crippen LogP contribution in [0.2, 0.25) is 0 Å². The normalized spacial score (nSPS) is 11.7. The monoisotopic (exact) mass is 409 g/mol. The van der Waals surface area contributed by atoms with Gasteiger partial charge in [0.2, 0.25) is 0 Å². The molecule has 25 heavy (non-hydrogen) atoms. The lowest BCUT2D eigenvalue weighted by molar-refractivity contribution is -0.137. The largest absolute Gasteiger partial charge is 0.478 e. The molecule has 0 aliphatic rings. The number of hydrogen-bond donors (Lipinski definition) is 1. The molecule has 0 saturated carbocycles. The number of hydrogen-bond acceptors (Lipinski definition) is 2. The van der Waals surface area contributed by atoms with E-state index in [0.717, 1.165) is 12.1 Å². The van der Waals surface area contributed by atoms with Crippen molar-refractivity contribution in [3.63, 3.8) is 0 Å². The number of carboxylic acids is 1. The van der Waals surface area contributed by atoms with Gasteiger partial charge in [0.05, 0.1) is 22.3 Å². The first kappa shape index (κ1) is 17.4. The topological polar surface area (TPSA) is 50.2 Å². The minimum Gasteiger partial charge on any atom is -0.478 e. The first-order valence-electron chi connectivity index (χ1n) is 7.19. The number of pyridine rings is 1. The molecule has 7 heteroatoms. The average Bonchev–Trinajstić information content (AvgIpc) is 2.53. The molecule has 0 aliphatic carbocycles. The number of aromatic carboxylic acids is 1. The minimum atomic E-state index is -4.49. The van der Waals surface area contributed by atoms with Gasteiger partial charge < -0.3 is 5.11 Å². The van der Waals surface area contributed by atoms with Crippen molar-refractivity contribution in [2.45, 2.75) is 13.1 Å². The molecule has 3 nitrogen and oxygen atoms in total. The summed E-state index contributed by atoms with van der Waals surface area (Å²) in [6.45, 7) is 1.55. The zero-order valence-corrected chi connectivity index (χ0v) is 14.4. The minimum absolute atomic E-state index is 0.0323. The third-order valence-electron chi connectivity index (χ3n) is 3.87. The second-order valence-electron chi connectivity index (χ2n) is 5.51. The summed E-state index contributed by atoms with van der Waals surface area (Å²) >= 11 is 3.29. The number of alkyl halides is 3. The molecule has 0 atom stereocenters. The molecule has 0 aliphatic heterocycles. The van der Waals surface area contributed by atoms with Crippen molar-refractivity contribution >= 4 is 32.8 Å². The van der Waals surface area contributed by atoms with Crippen molar-refractivity contribution < 1.29 is 23.1 Å². The van der Waals surface area contributed by atoms with Crippen molar-refractivity contribution in [2.75, 3.05) is 0 Å². The summed E-state index contributed by atoms with van der Waals surface area (Å²) in [5.41, 5.74) is 0.375. The highest BCUT2D eigenvalue weighted by molar-refractivity contribution is 9.10. The van der Waals surface area contributed by atoms with Crippen LogP contribution < -0.4 is 0 Å². The van der Waals surface area contributed by atoms with Crippen LogP contribution in [0.1, 0.15) is 21.5 Å². The van der Waals surface area contributed by atoms with Gasteiger partial charge in [-0.3, -0.25) is 0 Å². The Hall–Kier alpha value is -2.41. The summed E-state index contributed by atoms with van der Waals surface area (Å²) in [6, 6.07) is 9.67. The van der Waals surface area contributed by atoms with E-state index in [2.05, 4.69) is 20.9 Å². The smallest absolute Gasteiger partial charge is 0.416 e. The van der Waals surface area contributed by atoms with E-state index in [1.165, 1.54) is 12.1 Å².